The van der Waals surface area contributed by atoms with Gasteiger partial charge in [-0.05, 0) is 48.9 Å². The number of rotatable bonds is 3. The number of phenolic OH excluding ortho intramolecular Hbond substituents is 1. The van der Waals surface area contributed by atoms with E-state index in [-0.39, 0.29) is 17.3 Å². The predicted octanol–water partition coefficient (Wildman–Crippen LogP) is 2.91. The molecule has 5 heteroatoms. The van der Waals surface area contributed by atoms with Crippen molar-refractivity contribution in [2.75, 3.05) is 6.61 Å². The third kappa shape index (κ3) is 2.52. The Labute approximate surface area is 123 Å². The van der Waals surface area contributed by atoms with Crippen molar-refractivity contribution in [2.24, 2.45) is 0 Å². The van der Waals surface area contributed by atoms with E-state index >= 15 is 0 Å². The average Bonchev–Trinajstić information content (AvgIpc) is 2.69. The number of fused-ring (bicyclic) bond motifs is 1. The van der Waals surface area contributed by atoms with Crippen molar-refractivity contribution in [3.8, 4) is 11.5 Å². The molecule has 0 atom stereocenters. The summed E-state index contributed by atoms with van der Waals surface area (Å²) in [6, 6.07) is 11.4. The minimum atomic E-state index is -3.45. The third-order valence-corrected chi connectivity index (χ3v) is 5.21. The van der Waals surface area contributed by atoms with Crippen molar-refractivity contribution in [3.63, 3.8) is 0 Å². The molecular weight excluding hydrogens is 288 g/mol. The lowest BCUT2D eigenvalue weighted by Gasteiger charge is -2.07. The summed E-state index contributed by atoms with van der Waals surface area (Å²) in [4.78, 5) is 0.577. The fourth-order valence-corrected chi connectivity index (χ4v) is 3.69. The Morgan fingerprint density at radius 2 is 1.81 bits per heavy atom. The van der Waals surface area contributed by atoms with Crippen LogP contribution >= 0.6 is 0 Å². The number of aromatic hydroxyl groups is 1. The molecule has 3 rings (SSSR count). The Balaban J connectivity index is 1.84. The molecule has 0 amide bonds. The van der Waals surface area contributed by atoms with Crippen molar-refractivity contribution in [2.45, 2.75) is 11.8 Å². The number of sulfone groups is 1. The average molecular weight is 302 g/mol. The van der Waals surface area contributed by atoms with Crippen LogP contribution in [0.3, 0.4) is 0 Å². The van der Waals surface area contributed by atoms with E-state index < -0.39 is 9.84 Å². The van der Waals surface area contributed by atoms with Gasteiger partial charge < -0.3 is 9.84 Å². The summed E-state index contributed by atoms with van der Waals surface area (Å²) in [6.45, 7) is 1.90. The van der Waals surface area contributed by atoms with Crippen molar-refractivity contribution >= 4 is 15.9 Å². The molecule has 1 N–H and O–H groups in total. The van der Waals surface area contributed by atoms with Crippen LogP contribution in [0.4, 0.5) is 0 Å². The largest absolute Gasteiger partial charge is 0.508 e. The molecule has 1 aliphatic rings. The van der Waals surface area contributed by atoms with E-state index in [1.807, 2.05) is 13.0 Å². The van der Waals surface area contributed by atoms with Gasteiger partial charge >= 0.3 is 0 Å². The summed E-state index contributed by atoms with van der Waals surface area (Å²) in [6.07, 6.45) is 1.65. The van der Waals surface area contributed by atoms with Gasteiger partial charge in [-0.2, -0.15) is 0 Å². The fourth-order valence-electron chi connectivity index (χ4n) is 2.23. The highest BCUT2D eigenvalue weighted by Gasteiger charge is 2.29. The third-order valence-electron chi connectivity index (χ3n) is 3.33. The van der Waals surface area contributed by atoms with Gasteiger partial charge in [0.25, 0.3) is 0 Å². The molecule has 2 aromatic rings. The maximum atomic E-state index is 12.4. The second-order valence-corrected chi connectivity index (χ2v) is 6.91. The lowest BCUT2D eigenvalue weighted by atomic mass is 10.1. The van der Waals surface area contributed by atoms with Gasteiger partial charge in [-0.1, -0.05) is 17.7 Å². The van der Waals surface area contributed by atoms with Gasteiger partial charge in [0.2, 0.25) is 9.84 Å². The molecule has 0 unspecified atom stereocenters. The summed E-state index contributed by atoms with van der Waals surface area (Å²) >= 11 is 0. The lowest BCUT2D eigenvalue weighted by Crippen LogP contribution is -2.08. The first-order valence-corrected chi connectivity index (χ1v) is 7.93. The van der Waals surface area contributed by atoms with E-state index in [4.69, 9.17) is 4.74 Å². The zero-order valence-electron chi connectivity index (χ0n) is 11.4. The molecule has 0 fully saturated rings. The summed E-state index contributed by atoms with van der Waals surface area (Å²) in [7, 11) is -3.45. The zero-order chi connectivity index (χ0) is 15.0. The summed E-state index contributed by atoms with van der Waals surface area (Å²) in [5, 5.41) is 9.20. The Bertz CT molecular complexity index is 818. The highest BCUT2D eigenvalue weighted by atomic mass is 32.2. The van der Waals surface area contributed by atoms with Crippen LogP contribution in [0.25, 0.3) is 6.08 Å². The molecule has 0 bridgehead atoms. The van der Waals surface area contributed by atoms with Crippen LogP contribution in [-0.4, -0.2) is 20.1 Å². The van der Waals surface area contributed by atoms with Gasteiger partial charge in [0, 0.05) is 0 Å². The van der Waals surface area contributed by atoms with Crippen LogP contribution < -0.4 is 4.74 Å². The zero-order valence-corrected chi connectivity index (χ0v) is 12.2. The first-order chi connectivity index (χ1) is 9.96. The van der Waals surface area contributed by atoms with Crippen LogP contribution in [0.15, 0.2) is 52.3 Å². The number of hydrogen-bond acceptors (Lipinski definition) is 4. The molecule has 1 aliphatic heterocycles. The van der Waals surface area contributed by atoms with Gasteiger partial charge in [-0.25, -0.2) is 8.42 Å². The normalized spacial score (nSPS) is 15.4. The smallest absolute Gasteiger partial charge is 0.206 e. The number of hydrogen-bond donors (Lipinski definition) is 1. The molecule has 0 aromatic heterocycles. The van der Waals surface area contributed by atoms with E-state index in [2.05, 4.69) is 0 Å². The highest BCUT2D eigenvalue weighted by molar-refractivity contribution is 7.95. The monoisotopic (exact) mass is 302 g/mol. The maximum absolute atomic E-state index is 12.4. The van der Waals surface area contributed by atoms with E-state index in [0.29, 0.717) is 16.2 Å². The molecule has 4 nitrogen and oxygen atoms in total. The summed E-state index contributed by atoms with van der Waals surface area (Å²) in [5.74, 6) is 0.647. The molecule has 0 spiro atoms. The molecule has 2 aromatic carbocycles. The molecule has 1 heterocycles. The molecule has 0 radical (unpaired) electrons. The van der Waals surface area contributed by atoms with Crippen molar-refractivity contribution in [3.05, 3.63) is 58.5 Å². The Hall–Kier alpha value is -2.27. The first kappa shape index (κ1) is 13.7. The molecule has 0 saturated heterocycles. The first-order valence-electron chi connectivity index (χ1n) is 6.45. The van der Waals surface area contributed by atoms with E-state index in [0.717, 1.165) is 5.56 Å². The fraction of sp³-hybridized carbons (Fsp3) is 0.125. The Morgan fingerprint density at radius 3 is 2.52 bits per heavy atom. The second kappa shape index (κ2) is 4.93. The quantitative estimate of drug-likeness (QED) is 0.947. The summed E-state index contributed by atoms with van der Waals surface area (Å²) in [5.41, 5.74) is 1.72. The Morgan fingerprint density at radius 1 is 1.10 bits per heavy atom. The molecule has 0 saturated carbocycles. The number of phenols is 1. The highest BCUT2D eigenvalue weighted by Crippen LogP contribution is 2.33. The SMILES string of the molecule is Cc1ccc2c(c1)C=C(COc1ccc(O)cc1)S2(=O)=O. The molecule has 0 aliphatic carbocycles. The van der Waals surface area contributed by atoms with Gasteiger partial charge in [-0.15, -0.1) is 0 Å². The van der Waals surface area contributed by atoms with Gasteiger partial charge in [0.1, 0.15) is 18.1 Å². The number of aryl methyl sites for hydroxylation is 1. The van der Waals surface area contributed by atoms with Crippen LogP contribution in [0.2, 0.25) is 0 Å². The van der Waals surface area contributed by atoms with Crippen LogP contribution in [0.1, 0.15) is 11.1 Å². The molecular formula is C16H14O4S. The van der Waals surface area contributed by atoms with Gasteiger partial charge in [0.05, 0.1) is 9.80 Å². The van der Waals surface area contributed by atoms with Crippen LogP contribution in [0.5, 0.6) is 11.5 Å². The number of ether oxygens (including phenoxy) is 1. The maximum Gasteiger partial charge on any atom is 0.206 e. The van der Waals surface area contributed by atoms with E-state index in [1.165, 1.54) is 12.1 Å². The molecule has 108 valence electrons. The second-order valence-electron chi connectivity index (χ2n) is 4.94. The van der Waals surface area contributed by atoms with Crippen molar-refractivity contribution < 1.29 is 18.3 Å². The summed E-state index contributed by atoms with van der Waals surface area (Å²) < 4.78 is 30.2. The van der Waals surface area contributed by atoms with E-state index in [9.17, 15) is 13.5 Å². The van der Waals surface area contributed by atoms with Gasteiger partial charge in [-0.3, -0.25) is 0 Å². The van der Waals surface area contributed by atoms with Crippen LogP contribution in [-0.2, 0) is 9.84 Å². The van der Waals surface area contributed by atoms with Crippen molar-refractivity contribution in [1.29, 1.82) is 0 Å². The van der Waals surface area contributed by atoms with Crippen molar-refractivity contribution in [1.82, 2.24) is 0 Å². The lowest BCUT2D eigenvalue weighted by molar-refractivity contribution is 0.358. The standard InChI is InChI=1S/C16H14O4S/c1-11-2-7-16-12(8-11)9-15(21(16,18)19)10-20-14-5-3-13(17)4-6-14/h2-9,17H,10H2,1H3. The van der Waals surface area contributed by atoms with Crippen LogP contribution in [0, 0.1) is 6.92 Å². The van der Waals surface area contributed by atoms with Gasteiger partial charge in [0.15, 0.2) is 0 Å². The number of benzene rings is 2. The topological polar surface area (TPSA) is 63.6 Å². The Kier molecular flexibility index (Phi) is 3.22. The minimum Gasteiger partial charge on any atom is -0.508 e. The predicted molar refractivity (Wildman–Crippen MR) is 79.9 cm³/mol. The molecule has 21 heavy (non-hydrogen) atoms. The minimum absolute atomic E-state index is 0.0269. The van der Waals surface area contributed by atoms with E-state index in [1.54, 1.807) is 30.3 Å².